The third-order valence-electron chi connectivity index (χ3n) is 7.41. The van der Waals surface area contributed by atoms with Crippen LogP contribution in [0.25, 0.3) is 78.0 Å². The van der Waals surface area contributed by atoms with Gasteiger partial charge in [-0.15, -0.1) is 0 Å². The average Bonchev–Trinajstić information content (AvgIpc) is 3.43. The van der Waals surface area contributed by atoms with Crippen LogP contribution >= 0.6 is 0 Å². The minimum Gasteiger partial charge on any atom is -0.456 e. The van der Waals surface area contributed by atoms with Crippen molar-refractivity contribution in [3.8, 4) is 45.3 Å². The van der Waals surface area contributed by atoms with Crippen molar-refractivity contribution in [1.29, 1.82) is 0 Å². The lowest BCUT2D eigenvalue weighted by atomic mass is 10.0. The van der Waals surface area contributed by atoms with Crippen LogP contribution in [0, 0.1) is 0 Å². The Morgan fingerprint density at radius 2 is 1.20 bits per heavy atom. The highest BCUT2D eigenvalue weighted by molar-refractivity contribution is 6.12. The maximum atomic E-state index is 6.38. The molecule has 0 aliphatic carbocycles. The molecule has 41 heavy (non-hydrogen) atoms. The van der Waals surface area contributed by atoms with Crippen molar-refractivity contribution in [2.24, 2.45) is 0 Å². The lowest BCUT2D eigenvalue weighted by Crippen LogP contribution is -2.00. The summed E-state index contributed by atoms with van der Waals surface area (Å²) in [6.45, 7) is 0. The summed E-state index contributed by atoms with van der Waals surface area (Å²) in [6, 6.07) is 41.0. The van der Waals surface area contributed by atoms with E-state index in [9.17, 15) is 0 Å². The molecule has 0 saturated heterocycles. The molecule has 0 aliphatic rings. The number of hydrogen-bond donors (Lipinski definition) is 0. The summed E-state index contributed by atoms with van der Waals surface area (Å²) in [4.78, 5) is 19.2. The summed E-state index contributed by atoms with van der Waals surface area (Å²) in [6.07, 6.45) is 3.66. The second-order valence-corrected chi connectivity index (χ2v) is 9.97. The van der Waals surface area contributed by atoms with Crippen LogP contribution in [0.2, 0.25) is 0 Å². The summed E-state index contributed by atoms with van der Waals surface area (Å²) in [5, 5.41) is 4.16. The van der Waals surface area contributed by atoms with Crippen molar-refractivity contribution in [3.63, 3.8) is 0 Å². The summed E-state index contributed by atoms with van der Waals surface area (Å²) in [5.74, 6) is 1.84. The van der Waals surface area contributed by atoms with Crippen molar-refractivity contribution in [2.75, 3.05) is 0 Å². The van der Waals surface area contributed by atoms with Crippen LogP contribution in [-0.4, -0.2) is 19.9 Å². The monoisotopic (exact) mass is 526 g/mol. The first-order valence-electron chi connectivity index (χ1n) is 13.5. The summed E-state index contributed by atoms with van der Waals surface area (Å²) in [7, 11) is 0. The van der Waals surface area contributed by atoms with Gasteiger partial charge in [-0.25, -0.2) is 15.0 Å². The van der Waals surface area contributed by atoms with E-state index in [1.54, 1.807) is 6.20 Å². The van der Waals surface area contributed by atoms with Crippen LogP contribution in [-0.2, 0) is 0 Å². The molecule has 3 heterocycles. The lowest BCUT2D eigenvalue weighted by Gasteiger charge is -2.10. The van der Waals surface area contributed by atoms with Crippen LogP contribution in [0.5, 0.6) is 0 Å². The fraction of sp³-hybridized carbons (Fsp3) is 0. The number of benzene rings is 5. The number of rotatable bonds is 4. The number of pyridine rings is 1. The number of nitrogens with zero attached hydrogens (tertiary/aromatic N) is 4. The van der Waals surface area contributed by atoms with Crippen LogP contribution in [0.3, 0.4) is 0 Å². The van der Waals surface area contributed by atoms with E-state index in [0.717, 1.165) is 60.5 Å². The van der Waals surface area contributed by atoms with Gasteiger partial charge in [-0.1, -0.05) is 91.0 Å². The molecule has 3 aromatic heterocycles. The van der Waals surface area contributed by atoms with Gasteiger partial charge >= 0.3 is 0 Å². The van der Waals surface area contributed by atoms with Crippen LogP contribution < -0.4 is 0 Å². The molecule has 5 aromatic carbocycles. The fourth-order valence-electron chi connectivity index (χ4n) is 5.39. The standard InChI is InChI=1S/C36H22N4O/c1-3-8-23(9-4-1)25-16-17-29-32(21-25)41-31-13-7-12-30(33(29)31)36-39-34(24-10-5-2-6-11-24)38-35(40-36)27-14-15-28-22-37-19-18-26(28)20-27/h1-22H. The molecule has 192 valence electrons. The Morgan fingerprint density at radius 1 is 0.463 bits per heavy atom. The number of furan rings is 1. The minimum absolute atomic E-state index is 0.601. The molecule has 0 aliphatic heterocycles. The van der Waals surface area contributed by atoms with E-state index in [1.165, 1.54) is 0 Å². The van der Waals surface area contributed by atoms with Gasteiger partial charge in [0.25, 0.3) is 0 Å². The van der Waals surface area contributed by atoms with Crippen LogP contribution in [0.1, 0.15) is 0 Å². The highest BCUT2D eigenvalue weighted by Crippen LogP contribution is 2.38. The third kappa shape index (κ3) is 4.12. The first-order chi connectivity index (χ1) is 20.3. The zero-order valence-corrected chi connectivity index (χ0v) is 21.9. The van der Waals surface area contributed by atoms with Gasteiger partial charge in [-0.3, -0.25) is 4.98 Å². The van der Waals surface area contributed by atoms with Gasteiger partial charge in [0.05, 0.1) is 0 Å². The molecule has 0 unspecified atom stereocenters. The average molecular weight is 527 g/mol. The van der Waals surface area contributed by atoms with Gasteiger partial charge in [-0.2, -0.15) is 0 Å². The Morgan fingerprint density at radius 3 is 2.02 bits per heavy atom. The fourth-order valence-corrected chi connectivity index (χ4v) is 5.39. The predicted octanol–water partition coefficient (Wildman–Crippen LogP) is 8.99. The van der Waals surface area contributed by atoms with Crippen molar-refractivity contribution < 1.29 is 4.42 Å². The molecule has 5 nitrogen and oxygen atoms in total. The van der Waals surface area contributed by atoms with E-state index in [4.69, 9.17) is 19.4 Å². The number of fused-ring (bicyclic) bond motifs is 4. The first-order valence-corrected chi connectivity index (χ1v) is 13.5. The van der Waals surface area contributed by atoms with Crippen LogP contribution in [0.4, 0.5) is 0 Å². The molecular formula is C36H22N4O. The Balaban J connectivity index is 1.35. The second kappa shape index (κ2) is 9.50. The Kier molecular flexibility index (Phi) is 5.38. The largest absolute Gasteiger partial charge is 0.456 e. The van der Waals surface area contributed by atoms with Crippen LogP contribution in [0.15, 0.2) is 138 Å². The highest BCUT2D eigenvalue weighted by Gasteiger charge is 2.18. The molecular weight excluding hydrogens is 504 g/mol. The van der Waals surface area contributed by atoms with Crippen molar-refractivity contribution in [2.45, 2.75) is 0 Å². The molecule has 0 fully saturated rings. The Labute approximate surface area is 235 Å². The molecule has 0 atom stereocenters. The lowest BCUT2D eigenvalue weighted by molar-refractivity contribution is 0.669. The normalized spacial score (nSPS) is 11.4. The Hall–Kier alpha value is -5.68. The summed E-state index contributed by atoms with van der Waals surface area (Å²) < 4.78 is 6.38. The van der Waals surface area contributed by atoms with Crippen molar-refractivity contribution in [1.82, 2.24) is 19.9 Å². The zero-order chi connectivity index (χ0) is 27.2. The molecule has 0 spiro atoms. The molecule has 0 saturated carbocycles. The summed E-state index contributed by atoms with van der Waals surface area (Å²) >= 11 is 0. The van der Waals surface area contributed by atoms with Crippen molar-refractivity contribution >= 4 is 32.7 Å². The minimum atomic E-state index is 0.601. The number of hydrogen-bond acceptors (Lipinski definition) is 5. The molecule has 0 amide bonds. The molecule has 0 radical (unpaired) electrons. The van der Waals surface area contributed by atoms with E-state index in [0.29, 0.717) is 17.5 Å². The van der Waals surface area contributed by atoms with Gasteiger partial charge in [0.1, 0.15) is 11.2 Å². The Bertz CT molecular complexity index is 2210. The predicted molar refractivity (Wildman–Crippen MR) is 164 cm³/mol. The van der Waals surface area contributed by atoms with Gasteiger partial charge in [0.15, 0.2) is 17.5 Å². The molecule has 0 N–H and O–H groups in total. The quantitative estimate of drug-likeness (QED) is 0.229. The van der Waals surface area contributed by atoms with E-state index in [1.807, 2.05) is 79.0 Å². The van der Waals surface area contributed by atoms with Crippen molar-refractivity contribution in [3.05, 3.63) is 134 Å². The molecule has 5 heteroatoms. The maximum Gasteiger partial charge on any atom is 0.164 e. The molecule has 8 aromatic rings. The topological polar surface area (TPSA) is 64.7 Å². The molecule has 0 bridgehead atoms. The van der Waals surface area contributed by atoms with E-state index in [2.05, 4.69) is 53.5 Å². The van der Waals surface area contributed by atoms with Gasteiger partial charge in [-0.05, 0) is 46.8 Å². The second-order valence-electron chi connectivity index (χ2n) is 9.97. The van der Waals surface area contributed by atoms with E-state index < -0.39 is 0 Å². The number of aromatic nitrogens is 4. The highest BCUT2D eigenvalue weighted by atomic mass is 16.3. The maximum absolute atomic E-state index is 6.38. The first kappa shape index (κ1) is 23.2. The third-order valence-corrected chi connectivity index (χ3v) is 7.41. The van der Waals surface area contributed by atoms with Gasteiger partial charge < -0.3 is 4.42 Å². The smallest absolute Gasteiger partial charge is 0.164 e. The zero-order valence-electron chi connectivity index (χ0n) is 21.9. The van der Waals surface area contributed by atoms with Gasteiger partial charge in [0.2, 0.25) is 0 Å². The summed E-state index contributed by atoms with van der Waals surface area (Å²) in [5.41, 5.74) is 6.63. The van der Waals surface area contributed by atoms with E-state index in [-0.39, 0.29) is 0 Å². The molecule has 8 rings (SSSR count). The SMILES string of the molecule is c1ccc(-c2ccc3c(c2)oc2cccc(-c4nc(-c5ccccc5)nc(-c5ccc6cnccc6c5)n4)c23)cc1. The van der Waals surface area contributed by atoms with E-state index >= 15 is 0 Å². The van der Waals surface area contributed by atoms with Gasteiger partial charge in [0, 0.05) is 45.2 Å².